The van der Waals surface area contributed by atoms with E-state index in [4.69, 9.17) is 0 Å². The van der Waals surface area contributed by atoms with Crippen LogP contribution in [0.4, 0.5) is 5.69 Å². The average Bonchev–Trinajstić information content (AvgIpc) is 2.53. The van der Waals surface area contributed by atoms with Crippen LogP contribution in [0.1, 0.15) is 5.56 Å². The number of hydrogen-bond acceptors (Lipinski definition) is 4. The van der Waals surface area contributed by atoms with Crippen LogP contribution < -0.4 is 4.90 Å². The Morgan fingerprint density at radius 3 is 2.13 bits per heavy atom. The monoisotopic (exact) mass is 390 g/mol. The Bertz CT molecular complexity index is 862. The van der Waals surface area contributed by atoms with Crippen LogP contribution in [-0.4, -0.2) is 22.5 Å². The summed E-state index contributed by atoms with van der Waals surface area (Å²) >= 11 is 3.26. The number of nitrogens with zero attached hydrogens (tertiary/aromatic N) is 2. The summed E-state index contributed by atoms with van der Waals surface area (Å²) in [7, 11) is 0.0166. The van der Waals surface area contributed by atoms with Gasteiger partial charge in [-0.3, -0.25) is 0 Å². The molecule has 0 spiro atoms. The fourth-order valence-electron chi connectivity index (χ4n) is 1.93. The molecule has 2 aromatic carbocycles. The van der Waals surface area contributed by atoms with E-state index >= 15 is 0 Å². The summed E-state index contributed by atoms with van der Waals surface area (Å²) in [4.78, 5) is 1.76. The predicted molar refractivity (Wildman–Crippen MR) is 95.7 cm³/mol. The van der Waals surface area contributed by atoms with Gasteiger partial charge < -0.3 is 4.90 Å². The molecule has 0 saturated heterocycles. The lowest BCUT2D eigenvalue weighted by Gasteiger charge is -2.12. The molecule has 0 saturated carbocycles. The van der Waals surface area contributed by atoms with Gasteiger partial charge in [0.1, 0.15) is 11.0 Å². The summed E-state index contributed by atoms with van der Waals surface area (Å²) in [6, 6.07) is 15.3. The molecule has 0 fully saturated rings. The maximum Gasteiger partial charge on any atom is 0.216 e. The molecule has 2 rings (SSSR count). The second-order valence-electron chi connectivity index (χ2n) is 5.06. The van der Waals surface area contributed by atoms with Gasteiger partial charge in [0.05, 0.1) is 4.90 Å². The zero-order valence-electron chi connectivity index (χ0n) is 12.7. The van der Waals surface area contributed by atoms with Crippen molar-refractivity contribution in [3.05, 3.63) is 63.5 Å². The molecule has 0 atom stereocenters. The summed E-state index contributed by atoms with van der Waals surface area (Å²) in [6.07, 6.45) is 1.39. The maximum atomic E-state index is 12.5. The number of allylic oxidation sites excluding steroid dienone is 1. The molecule has 4 nitrogen and oxygen atoms in total. The van der Waals surface area contributed by atoms with Crippen molar-refractivity contribution >= 4 is 37.5 Å². The molecule has 0 N–H and O–H groups in total. The average molecular weight is 391 g/mol. The number of halogens is 1. The van der Waals surface area contributed by atoms with Gasteiger partial charge in [-0.1, -0.05) is 28.1 Å². The van der Waals surface area contributed by atoms with Gasteiger partial charge in [-0.2, -0.15) is 5.26 Å². The third-order valence-electron chi connectivity index (χ3n) is 3.23. The highest BCUT2D eigenvalue weighted by molar-refractivity contribution is 9.10. The van der Waals surface area contributed by atoms with Gasteiger partial charge in [0, 0.05) is 24.3 Å². The highest BCUT2D eigenvalue weighted by atomic mass is 79.9. The number of benzene rings is 2. The highest BCUT2D eigenvalue weighted by Crippen LogP contribution is 2.23. The number of anilines is 1. The Morgan fingerprint density at radius 1 is 1.09 bits per heavy atom. The number of nitriles is 1. The van der Waals surface area contributed by atoms with Gasteiger partial charge in [0.25, 0.3) is 0 Å². The van der Waals surface area contributed by atoms with Gasteiger partial charge in [-0.15, -0.1) is 0 Å². The van der Waals surface area contributed by atoms with Crippen LogP contribution in [-0.2, 0) is 9.84 Å². The Hall–Kier alpha value is -2.10. The molecule has 118 valence electrons. The van der Waals surface area contributed by atoms with E-state index in [0.29, 0.717) is 5.56 Å². The first kappa shape index (κ1) is 17.3. The van der Waals surface area contributed by atoms with Gasteiger partial charge in [0.2, 0.25) is 9.84 Å². The van der Waals surface area contributed by atoms with Crippen LogP contribution in [0.3, 0.4) is 0 Å². The first-order chi connectivity index (χ1) is 10.8. The molecule has 0 amide bonds. The molecule has 23 heavy (non-hydrogen) atoms. The molecule has 0 aliphatic carbocycles. The maximum absolute atomic E-state index is 12.5. The van der Waals surface area contributed by atoms with E-state index in [1.807, 2.05) is 31.1 Å². The van der Waals surface area contributed by atoms with E-state index in [9.17, 15) is 13.7 Å². The van der Waals surface area contributed by atoms with E-state index in [2.05, 4.69) is 15.9 Å². The fourth-order valence-corrected chi connectivity index (χ4v) is 3.35. The Labute approximate surface area is 144 Å². The quantitative estimate of drug-likeness (QED) is 0.743. The van der Waals surface area contributed by atoms with E-state index in [0.717, 1.165) is 10.2 Å². The second kappa shape index (κ2) is 6.99. The third-order valence-corrected chi connectivity index (χ3v) is 5.44. The third kappa shape index (κ3) is 4.01. The summed E-state index contributed by atoms with van der Waals surface area (Å²) in [6.45, 7) is 0. The van der Waals surface area contributed by atoms with Gasteiger partial charge in [-0.05, 0) is 48.0 Å². The minimum Gasteiger partial charge on any atom is -0.378 e. The van der Waals surface area contributed by atoms with Crippen molar-refractivity contribution in [2.75, 3.05) is 19.0 Å². The first-order valence-corrected chi connectivity index (χ1v) is 9.02. The fraction of sp³-hybridized carbons (Fsp3) is 0.118. The summed E-state index contributed by atoms with van der Waals surface area (Å²) in [5.41, 5.74) is 1.66. The van der Waals surface area contributed by atoms with Crippen LogP contribution >= 0.6 is 15.9 Å². The van der Waals surface area contributed by atoms with Crippen LogP contribution in [0.2, 0.25) is 0 Å². The van der Waals surface area contributed by atoms with Crippen LogP contribution in [0.25, 0.3) is 6.08 Å². The molecule has 0 aromatic heterocycles. The number of rotatable bonds is 4. The first-order valence-electron chi connectivity index (χ1n) is 6.74. The molecule has 0 heterocycles. The lowest BCUT2D eigenvalue weighted by atomic mass is 10.2. The van der Waals surface area contributed by atoms with Crippen molar-refractivity contribution in [2.24, 2.45) is 0 Å². The molecule has 0 radical (unpaired) electrons. The van der Waals surface area contributed by atoms with Crippen molar-refractivity contribution < 1.29 is 8.42 Å². The lowest BCUT2D eigenvalue weighted by Crippen LogP contribution is -2.08. The minimum atomic E-state index is -3.82. The number of hydrogen-bond donors (Lipinski definition) is 0. The summed E-state index contributed by atoms with van der Waals surface area (Å²) in [5, 5.41) is 9.27. The van der Waals surface area contributed by atoms with Crippen molar-refractivity contribution in [1.29, 1.82) is 5.26 Å². The minimum absolute atomic E-state index is 0.0958. The van der Waals surface area contributed by atoms with Crippen molar-refractivity contribution in [2.45, 2.75) is 4.90 Å². The van der Waals surface area contributed by atoms with Crippen molar-refractivity contribution in [1.82, 2.24) is 0 Å². The van der Waals surface area contributed by atoms with E-state index in [1.54, 1.807) is 30.3 Å². The topological polar surface area (TPSA) is 61.2 Å². The van der Waals surface area contributed by atoms with E-state index < -0.39 is 9.84 Å². The molecule has 6 heteroatoms. The summed E-state index contributed by atoms with van der Waals surface area (Å²) < 4.78 is 25.9. The molecule has 0 aliphatic rings. The molecule has 2 aromatic rings. The van der Waals surface area contributed by atoms with Gasteiger partial charge in [0.15, 0.2) is 0 Å². The van der Waals surface area contributed by atoms with Crippen molar-refractivity contribution in [3.8, 4) is 6.07 Å². The summed E-state index contributed by atoms with van der Waals surface area (Å²) in [5.74, 6) is 0. The molecular weight excluding hydrogens is 376 g/mol. The normalized spacial score (nSPS) is 11.8. The SMILES string of the molecule is CN(C)c1ccc(/C=C(\C#N)S(=O)(=O)c2ccc(Br)cc2)cc1. The predicted octanol–water partition coefficient (Wildman–Crippen LogP) is 3.85. The Morgan fingerprint density at radius 2 is 1.65 bits per heavy atom. The van der Waals surface area contributed by atoms with Gasteiger partial charge >= 0.3 is 0 Å². The second-order valence-corrected chi connectivity index (χ2v) is 7.90. The zero-order valence-corrected chi connectivity index (χ0v) is 15.1. The van der Waals surface area contributed by atoms with E-state index in [1.165, 1.54) is 18.2 Å². The molecule has 0 aliphatic heterocycles. The van der Waals surface area contributed by atoms with Crippen molar-refractivity contribution in [3.63, 3.8) is 0 Å². The zero-order chi connectivity index (χ0) is 17.0. The smallest absolute Gasteiger partial charge is 0.216 e. The van der Waals surface area contributed by atoms with Crippen LogP contribution in [0, 0.1) is 11.3 Å². The standard InChI is InChI=1S/C17H15BrN2O2S/c1-20(2)15-7-3-13(4-8-15)11-17(12-19)23(21,22)16-9-5-14(18)6-10-16/h3-11H,1-2H3/b17-11+. The van der Waals surface area contributed by atoms with E-state index in [-0.39, 0.29) is 9.80 Å². The van der Waals surface area contributed by atoms with Crippen LogP contribution in [0.5, 0.6) is 0 Å². The molecule has 0 unspecified atom stereocenters. The number of sulfone groups is 1. The van der Waals surface area contributed by atoms with Crippen LogP contribution in [0.15, 0.2) is 62.8 Å². The Balaban J connectivity index is 2.42. The van der Waals surface area contributed by atoms with Gasteiger partial charge in [-0.25, -0.2) is 8.42 Å². The molecular formula is C17H15BrN2O2S. The highest BCUT2D eigenvalue weighted by Gasteiger charge is 2.20. The largest absolute Gasteiger partial charge is 0.378 e. The Kier molecular flexibility index (Phi) is 5.24. The lowest BCUT2D eigenvalue weighted by molar-refractivity contribution is 0.603. The molecule has 0 bridgehead atoms.